The number of pyridine rings is 1. The summed E-state index contributed by atoms with van der Waals surface area (Å²) in [5, 5.41) is 3.33. The van der Waals surface area contributed by atoms with Crippen molar-refractivity contribution in [3.05, 3.63) is 52.3 Å². The van der Waals surface area contributed by atoms with Crippen molar-refractivity contribution in [2.75, 3.05) is 21.3 Å². The molecule has 2 aromatic rings. The number of halogens is 1. The molecular formula is C16H19BrN2O2. The van der Waals surface area contributed by atoms with Crippen molar-refractivity contribution in [2.45, 2.75) is 12.5 Å². The van der Waals surface area contributed by atoms with Gasteiger partial charge in [0.25, 0.3) is 0 Å². The molecule has 0 saturated heterocycles. The first-order valence-corrected chi connectivity index (χ1v) is 7.46. The molecule has 5 heteroatoms. The van der Waals surface area contributed by atoms with Crippen molar-refractivity contribution in [2.24, 2.45) is 0 Å². The minimum atomic E-state index is 0.117. The van der Waals surface area contributed by atoms with Gasteiger partial charge in [-0.2, -0.15) is 0 Å². The Morgan fingerprint density at radius 3 is 2.62 bits per heavy atom. The van der Waals surface area contributed by atoms with Crippen LogP contribution < -0.4 is 14.8 Å². The summed E-state index contributed by atoms with van der Waals surface area (Å²) in [6.07, 6.45) is 4.30. The maximum Gasteiger partial charge on any atom is 0.141 e. The summed E-state index contributed by atoms with van der Waals surface area (Å²) in [6, 6.07) is 8.12. The van der Waals surface area contributed by atoms with E-state index in [4.69, 9.17) is 9.47 Å². The molecule has 1 N–H and O–H groups in total. The lowest BCUT2D eigenvalue weighted by Gasteiger charge is -2.20. The first kappa shape index (κ1) is 15.8. The van der Waals surface area contributed by atoms with Gasteiger partial charge in [0, 0.05) is 22.3 Å². The van der Waals surface area contributed by atoms with Crippen molar-refractivity contribution < 1.29 is 9.47 Å². The molecule has 0 aliphatic rings. The maximum atomic E-state index is 5.45. The van der Waals surface area contributed by atoms with Crippen molar-refractivity contribution in [3.63, 3.8) is 0 Å². The summed E-state index contributed by atoms with van der Waals surface area (Å²) < 4.78 is 11.9. The molecule has 4 nitrogen and oxygen atoms in total. The number of benzene rings is 1. The third-order valence-corrected chi connectivity index (χ3v) is 3.92. The Labute approximate surface area is 133 Å². The van der Waals surface area contributed by atoms with E-state index in [-0.39, 0.29) is 6.04 Å². The summed E-state index contributed by atoms with van der Waals surface area (Å²) in [7, 11) is 5.29. The molecule has 0 aliphatic carbocycles. The molecule has 0 aliphatic heterocycles. The normalized spacial score (nSPS) is 12.0. The van der Waals surface area contributed by atoms with E-state index in [1.807, 2.05) is 25.2 Å². The van der Waals surface area contributed by atoms with Crippen LogP contribution in [0.25, 0.3) is 0 Å². The van der Waals surface area contributed by atoms with Crippen LogP contribution in [0.4, 0.5) is 0 Å². The van der Waals surface area contributed by atoms with Crippen LogP contribution in [-0.4, -0.2) is 26.3 Å². The molecule has 0 bridgehead atoms. The molecule has 2 rings (SSSR count). The van der Waals surface area contributed by atoms with E-state index < -0.39 is 0 Å². The molecule has 1 aromatic heterocycles. The first-order valence-electron chi connectivity index (χ1n) is 6.67. The molecule has 0 radical (unpaired) electrons. The highest BCUT2D eigenvalue weighted by Gasteiger charge is 2.17. The Bertz CT molecular complexity index is 605. The Balaban J connectivity index is 2.33. The summed E-state index contributed by atoms with van der Waals surface area (Å²) in [6.45, 7) is 0. The van der Waals surface area contributed by atoms with Gasteiger partial charge in [0.1, 0.15) is 11.5 Å². The van der Waals surface area contributed by atoms with Gasteiger partial charge < -0.3 is 14.8 Å². The summed E-state index contributed by atoms with van der Waals surface area (Å²) in [5.41, 5.74) is 2.21. The van der Waals surface area contributed by atoms with Crippen LogP contribution in [0.3, 0.4) is 0 Å². The van der Waals surface area contributed by atoms with Gasteiger partial charge in [-0.3, -0.25) is 4.98 Å². The van der Waals surface area contributed by atoms with Gasteiger partial charge >= 0.3 is 0 Å². The topological polar surface area (TPSA) is 43.4 Å². The zero-order valence-electron chi connectivity index (χ0n) is 12.4. The molecular weight excluding hydrogens is 332 g/mol. The number of hydrogen-bond donors (Lipinski definition) is 1. The van der Waals surface area contributed by atoms with Gasteiger partial charge in [-0.15, -0.1) is 0 Å². The van der Waals surface area contributed by atoms with Crippen LogP contribution in [0.15, 0.2) is 41.1 Å². The summed E-state index contributed by atoms with van der Waals surface area (Å²) in [4.78, 5) is 4.10. The Hall–Kier alpha value is -1.59. The maximum absolute atomic E-state index is 5.45. The van der Waals surface area contributed by atoms with E-state index in [0.717, 1.165) is 33.5 Å². The minimum Gasteiger partial charge on any atom is -0.496 e. The average molecular weight is 351 g/mol. The first-order chi connectivity index (χ1) is 10.2. The highest BCUT2D eigenvalue weighted by atomic mass is 79.9. The number of ether oxygens (including phenoxy) is 2. The third kappa shape index (κ3) is 3.74. The quantitative estimate of drug-likeness (QED) is 0.867. The van der Waals surface area contributed by atoms with Gasteiger partial charge in [0.15, 0.2) is 0 Å². The molecule has 1 unspecified atom stereocenters. The van der Waals surface area contributed by atoms with Crippen LogP contribution in [0.2, 0.25) is 0 Å². The Morgan fingerprint density at radius 2 is 1.95 bits per heavy atom. The number of nitrogens with one attached hydrogen (secondary N) is 1. The van der Waals surface area contributed by atoms with Gasteiger partial charge in [0.2, 0.25) is 0 Å². The SMILES string of the molecule is CNC(Cc1cc(Br)ccc1OC)c1ccncc1OC. The van der Waals surface area contributed by atoms with E-state index in [2.05, 4.69) is 32.3 Å². The number of rotatable bonds is 6. The summed E-state index contributed by atoms with van der Waals surface area (Å²) in [5.74, 6) is 1.66. The molecule has 1 heterocycles. The number of methoxy groups -OCH3 is 2. The molecule has 1 aromatic carbocycles. The third-order valence-electron chi connectivity index (χ3n) is 3.43. The standard InChI is InChI=1S/C16H19BrN2O2/c1-18-14(13-6-7-19-10-16(13)21-3)9-11-8-12(17)4-5-15(11)20-2/h4-8,10,14,18H,9H2,1-3H3. The fourth-order valence-corrected chi connectivity index (χ4v) is 2.75. The van der Waals surface area contributed by atoms with Crippen LogP contribution in [-0.2, 0) is 6.42 Å². The molecule has 0 fully saturated rings. The number of aromatic nitrogens is 1. The second kappa shape index (κ2) is 7.43. The van der Waals surface area contributed by atoms with Crippen molar-refractivity contribution in [3.8, 4) is 11.5 Å². The van der Waals surface area contributed by atoms with Gasteiger partial charge in [-0.05, 0) is 43.3 Å². The average Bonchev–Trinajstić information content (AvgIpc) is 2.52. The molecule has 0 amide bonds. The molecule has 112 valence electrons. The number of nitrogens with zero attached hydrogens (tertiary/aromatic N) is 1. The number of hydrogen-bond acceptors (Lipinski definition) is 4. The van der Waals surface area contributed by atoms with E-state index in [0.29, 0.717) is 0 Å². The van der Waals surface area contributed by atoms with Gasteiger partial charge in [-0.1, -0.05) is 15.9 Å². The largest absolute Gasteiger partial charge is 0.496 e. The van der Waals surface area contributed by atoms with Crippen molar-refractivity contribution in [1.29, 1.82) is 0 Å². The van der Waals surface area contributed by atoms with E-state index in [1.54, 1.807) is 26.6 Å². The molecule has 0 spiro atoms. The minimum absolute atomic E-state index is 0.117. The van der Waals surface area contributed by atoms with Gasteiger partial charge in [0.05, 0.1) is 20.4 Å². The predicted octanol–water partition coefficient (Wildman–Crippen LogP) is 3.36. The smallest absolute Gasteiger partial charge is 0.141 e. The van der Waals surface area contributed by atoms with E-state index in [1.165, 1.54) is 0 Å². The van der Waals surface area contributed by atoms with Gasteiger partial charge in [-0.25, -0.2) is 0 Å². The highest BCUT2D eigenvalue weighted by molar-refractivity contribution is 9.10. The van der Waals surface area contributed by atoms with Crippen LogP contribution in [0.1, 0.15) is 17.2 Å². The molecule has 0 saturated carbocycles. The van der Waals surface area contributed by atoms with Crippen LogP contribution >= 0.6 is 15.9 Å². The Kier molecular flexibility index (Phi) is 5.59. The summed E-state index contributed by atoms with van der Waals surface area (Å²) >= 11 is 3.51. The zero-order chi connectivity index (χ0) is 15.2. The monoisotopic (exact) mass is 350 g/mol. The lowest BCUT2D eigenvalue weighted by Crippen LogP contribution is -2.20. The molecule has 21 heavy (non-hydrogen) atoms. The fourth-order valence-electron chi connectivity index (χ4n) is 2.34. The molecule has 1 atom stereocenters. The van der Waals surface area contributed by atoms with E-state index >= 15 is 0 Å². The second-order valence-corrected chi connectivity index (χ2v) is 5.53. The van der Waals surface area contributed by atoms with Crippen molar-refractivity contribution in [1.82, 2.24) is 10.3 Å². The lowest BCUT2D eigenvalue weighted by molar-refractivity contribution is 0.394. The predicted molar refractivity (Wildman–Crippen MR) is 87.0 cm³/mol. The lowest BCUT2D eigenvalue weighted by atomic mass is 9.98. The number of likely N-dealkylation sites (N-methyl/N-ethyl adjacent to an activating group) is 1. The zero-order valence-corrected chi connectivity index (χ0v) is 14.0. The highest BCUT2D eigenvalue weighted by Crippen LogP contribution is 2.31. The second-order valence-electron chi connectivity index (χ2n) is 4.62. The van der Waals surface area contributed by atoms with E-state index in [9.17, 15) is 0 Å². The Morgan fingerprint density at radius 1 is 1.19 bits per heavy atom. The van der Waals surface area contributed by atoms with Crippen LogP contribution in [0.5, 0.6) is 11.5 Å². The van der Waals surface area contributed by atoms with Crippen molar-refractivity contribution >= 4 is 15.9 Å². The van der Waals surface area contributed by atoms with Crippen LogP contribution in [0, 0.1) is 0 Å². The fraction of sp³-hybridized carbons (Fsp3) is 0.312.